The van der Waals surface area contributed by atoms with Gasteiger partial charge in [-0.05, 0) is 67.6 Å². The molecule has 0 aliphatic carbocycles. The maximum absolute atomic E-state index is 13.9. The summed E-state index contributed by atoms with van der Waals surface area (Å²) in [5, 5.41) is 14.6. The SMILES string of the molecule is Cc1ccc(S(=O)(=O)/C(C#N)=C\c2cn(-c3ccccc3)nc2-c2ccc(OCc3ccccc3F)cc2)cc1. The van der Waals surface area contributed by atoms with Crippen LogP contribution in [0.4, 0.5) is 4.39 Å². The van der Waals surface area contributed by atoms with Gasteiger partial charge in [0, 0.05) is 22.9 Å². The molecule has 0 aliphatic rings. The molecular formula is C32H24FN3O3S. The van der Waals surface area contributed by atoms with E-state index in [2.05, 4.69) is 0 Å². The fourth-order valence-electron chi connectivity index (χ4n) is 4.07. The highest BCUT2D eigenvalue weighted by Crippen LogP contribution is 2.30. The highest BCUT2D eigenvalue weighted by Gasteiger charge is 2.22. The van der Waals surface area contributed by atoms with Crippen molar-refractivity contribution in [1.82, 2.24) is 9.78 Å². The van der Waals surface area contributed by atoms with Crippen molar-refractivity contribution in [2.45, 2.75) is 18.4 Å². The minimum absolute atomic E-state index is 0.0410. The summed E-state index contributed by atoms with van der Waals surface area (Å²) in [6.07, 6.45) is 3.04. The number of hydrogen-bond donors (Lipinski definition) is 0. The van der Waals surface area contributed by atoms with Crippen LogP contribution in [-0.4, -0.2) is 18.2 Å². The van der Waals surface area contributed by atoms with Crippen LogP contribution in [-0.2, 0) is 16.4 Å². The Bertz CT molecular complexity index is 1820. The van der Waals surface area contributed by atoms with Crippen molar-refractivity contribution in [2.75, 3.05) is 0 Å². The van der Waals surface area contributed by atoms with Crippen molar-refractivity contribution < 1.29 is 17.5 Å². The lowest BCUT2D eigenvalue weighted by Crippen LogP contribution is -2.03. The first-order valence-electron chi connectivity index (χ1n) is 12.4. The molecule has 1 aromatic heterocycles. The molecule has 0 unspecified atom stereocenters. The van der Waals surface area contributed by atoms with Crippen LogP contribution in [0, 0.1) is 24.1 Å². The molecule has 0 atom stereocenters. The van der Waals surface area contributed by atoms with E-state index in [0.717, 1.165) is 11.3 Å². The zero-order valence-corrected chi connectivity index (χ0v) is 22.3. The Balaban J connectivity index is 1.52. The monoisotopic (exact) mass is 549 g/mol. The number of nitriles is 1. The van der Waals surface area contributed by atoms with Crippen LogP contribution in [0.1, 0.15) is 16.7 Å². The third-order valence-electron chi connectivity index (χ3n) is 6.26. The quantitative estimate of drug-likeness (QED) is 0.197. The predicted molar refractivity (Wildman–Crippen MR) is 152 cm³/mol. The van der Waals surface area contributed by atoms with Crippen LogP contribution in [0.15, 0.2) is 119 Å². The molecule has 6 nitrogen and oxygen atoms in total. The van der Waals surface area contributed by atoms with Gasteiger partial charge in [-0.2, -0.15) is 10.4 Å². The van der Waals surface area contributed by atoms with Crippen LogP contribution in [0.25, 0.3) is 23.0 Å². The molecule has 8 heteroatoms. The molecule has 5 rings (SSSR count). The number of allylic oxidation sites excluding steroid dienone is 1. The number of ether oxygens (including phenoxy) is 1. The fraction of sp³-hybridized carbons (Fsp3) is 0.0625. The Kier molecular flexibility index (Phi) is 7.58. The van der Waals surface area contributed by atoms with Gasteiger partial charge in [0.25, 0.3) is 0 Å². The van der Waals surface area contributed by atoms with Crippen molar-refractivity contribution in [2.24, 2.45) is 0 Å². The summed E-state index contributed by atoms with van der Waals surface area (Å²) in [7, 11) is -4.05. The number of halogens is 1. The van der Waals surface area contributed by atoms with E-state index < -0.39 is 14.7 Å². The van der Waals surface area contributed by atoms with Gasteiger partial charge in [0.15, 0.2) is 0 Å². The maximum atomic E-state index is 13.9. The molecule has 0 saturated carbocycles. The molecule has 0 saturated heterocycles. The summed E-state index contributed by atoms with van der Waals surface area (Å²) in [5.74, 6) is 0.196. The molecule has 0 fully saturated rings. The van der Waals surface area contributed by atoms with E-state index in [1.807, 2.05) is 43.3 Å². The lowest BCUT2D eigenvalue weighted by molar-refractivity contribution is 0.300. The van der Waals surface area contributed by atoms with E-state index in [0.29, 0.717) is 28.1 Å². The third-order valence-corrected chi connectivity index (χ3v) is 7.94. The first-order chi connectivity index (χ1) is 19.3. The summed E-state index contributed by atoms with van der Waals surface area (Å²) in [6, 6.07) is 31.1. The van der Waals surface area contributed by atoms with Gasteiger partial charge >= 0.3 is 0 Å². The summed E-state index contributed by atoms with van der Waals surface area (Å²) in [4.78, 5) is -0.352. The Hall–Kier alpha value is -5.00. The second kappa shape index (κ2) is 11.4. The molecule has 0 radical (unpaired) electrons. The van der Waals surface area contributed by atoms with Crippen molar-refractivity contribution in [3.63, 3.8) is 0 Å². The van der Waals surface area contributed by atoms with E-state index >= 15 is 0 Å². The molecule has 0 spiro atoms. The van der Waals surface area contributed by atoms with Crippen molar-refractivity contribution in [3.05, 3.63) is 137 Å². The zero-order chi connectivity index (χ0) is 28.1. The largest absolute Gasteiger partial charge is 0.489 e. The van der Waals surface area contributed by atoms with Gasteiger partial charge in [-0.15, -0.1) is 0 Å². The number of nitrogens with zero attached hydrogens (tertiary/aromatic N) is 3. The van der Waals surface area contributed by atoms with Gasteiger partial charge < -0.3 is 4.74 Å². The summed E-state index contributed by atoms with van der Waals surface area (Å²) in [6.45, 7) is 1.93. The number of sulfone groups is 1. The van der Waals surface area contributed by atoms with E-state index in [1.54, 1.807) is 65.5 Å². The van der Waals surface area contributed by atoms with Crippen LogP contribution in [0.5, 0.6) is 5.75 Å². The Morgan fingerprint density at radius 2 is 1.62 bits per heavy atom. The van der Waals surface area contributed by atoms with E-state index in [1.165, 1.54) is 24.3 Å². The van der Waals surface area contributed by atoms with E-state index in [9.17, 15) is 18.1 Å². The van der Waals surface area contributed by atoms with Crippen LogP contribution in [0.2, 0.25) is 0 Å². The van der Waals surface area contributed by atoms with Gasteiger partial charge in [0.1, 0.15) is 34.8 Å². The van der Waals surface area contributed by atoms with E-state index in [-0.39, 0.29) is 17.3 Å². The van der Waals surface area contributed by atoms with E-state index in [4.69, 9.17) is 9.84 Å². The number of aromatic nitrogens is 2. The highest BCUT2D eigenvalue weighted by atomic mass is 32.2. The number of hydrogen-bond acceptors (Lipinski definition) is 5. The molecule has 40 heavy (non-hydrogen) atoms. The fourth-order valence-corrected chi connectivity index (χ4v) is 5.22. The average molecular weight is 550 g/mol. The molecule has 198 valence electrons. The second-order valence-corrected chi connectivity index (χ2v) is 11.0. The molecule has 0 aliphatic heterocycles. The molecule has 1 heterocycles. The summed E-state index contributed by atoms with van der Waals surface area (Å²) >= 11 is 0. The number of benzene rings is 4. The summed E-state index contributed by atoms with van der Waals surface area (Å²) in [5.41, 5.74) is 3.75. The lowest BCUT2D eigenvalue weighted by Gasteiger charge is -2.08. The van der Waals surface area contributed by atoms with Crippen LogP contribution >= 0.6 is 0 Å². The second-order valence-electron chi connectivity index (χ2n) is 9.05. The number of para-hydroxylation sites is 1. The number of aryl methyl sites for hydroxylation is 1. The highest BCUT2D eigenvalue weighted by molar-refractivity contribution is 7.95. The Morgan fingerprint density at radius 3 is 2.30 bits per heavy atom. The minimum Gasteiger partial charge on any atom is -0.489 e. The Labute approximate surface area is 232 Å². The topological polar surface area (TPSA) is 85.0 Å². The summed E-state index contributed by atoms with van der Waals surface area (Å²) < 4.78 is 47.9. The lowest BCUT2D eigenvalue weighted by atomic mass is 10.1. The zero-order valence-electron chi connectivity index (χ0n) is 21.5. The van der Waals surface area contributed by atoms with Crippen molar-refractivity contribution in [3.8, 4) is 28.8 Å². The molecule has 0 bridgehead atoms. The van der Waals surface area contributed by atoms with Crippen molar-refractivity contribution in [1.29, 1.82) is 5.26 Å². The molecule has 0 N–H and O–H groups in total. The predicted octanol–water partition coefficient (Wildman–Crippen LogP) is 6.90. The normalized spacial score (nSPS) is 11.7. The van der Waals surface area contributed by atoms with Gasteiger partial charge in [0.2, 0.25) is 9.84 Å². The third kappa shape index (κ3) is 5.70. The van der Waals surface area contributed by atoms with Gasteiger partial charge in [-0.25, -0.2) is 17.5 Å². The molecular weight excluding hydrogens is 525 g/mol. The van der Waals surface area contributed by atoms with Crippen LogP contribution in [0.3, 0.4) is 0 Å². The first kappa shape index (κ1) is 26.6. The van der Waals surface area contributed by atoms with Gasteiger partial charge in [0.05, 0.1) is 10.6 Å². The van der Waals surface area contributed by atoms with Crippen molar-refractivity contribution >= 4 is 15.9 Å². The maximum Gasteiger partial charge on any atom is 0.216 e. The van der Waals surface area contributed by atoms with Crippen LogP contribution < -0.4 is 4.74 Å². The van der Waals surface area contributed by atoms with Gasteiger partial charge in [-0.1, -0.05) is 54.1 Å². The molecule has 5 aromatic rings. The van der Waals surface area contributed by atoms with Gasteiger partial charge in [-0.3, -0.25) is 0 Å². The average Bonchev–Trinajstić information content (AvgIpc) is 3.40. The smallest absolute Gasteiger partial charge is 0.216 e. The standard InChI is InChI=1S/C32H24FN3O3S/c1-23-11-17-29(18-12-23)40(37,38)30(20-34)19-26-21-36(27-8-3-2-4-9-27)35-32(26)24-13-15-28(16-14-24)39-22-25-7-5-6-10-31(25)33/h2-19,21H,22H2,1H3/b30-19-. The number of rotatable bonds is 8. The molecule has 0 amide bonds. The minimum atomic E-state index is -4.05. The molecule has 4 aromatic carbocycles. The Morgan fingerprint density at radius 1 is 0.950 bits per heavy atom. The first-order valence-corrected chi connectivity index (χ1v) is 13.9.